The van der Waals surface area contributed by atoms with E-state index in [1.807, 2.05) is 29.4 Å². The van der Waals surface area contributed by atoms with E-state index in [0.29, 0.717) is 37.5 Å². The van der Waals surface area contributed by atoms with Crippen LogP contribution in [0.5, 0.6) is 0 Å². The summed E-state index contributed by atoms with van der Waals surface area (Å²) in [4.78, 5) is 29.7. The van der Waals surface area contributed by atoms with Gasteiger partial charge in [-0.05, 0) is 20.8 Å². The lowest BCUT2D eigenvalue weighted by molar-refractivity contribution is 0.0744. The maximum absolute atomic E-state index is 12.6. The summed E-state index contributed by atoms with van der Waals surface area (Å²) in [6, 6.07) is 1.95. The standard InChI is InChI=1S/C18H21N7O2/c1-12-13(2)25(11-21-12)17-8-16(19-10-20-17)23-4-6-24(7-5-23)18(26)15-9-22-27-14(15)3/h8-11H,4-7H2,1-3H3. The van der Waals surface area contributed by atoms with E-state index in [0.717, 1.165) is 23.0 Å². The van der Waals surface area contributed by atoms with Gasteiger partial charge in [0.25, 0.3) is 5.91 Å². The molecule has 0 spiro atoms. The molecule has 0 saturated carbocycles. The second-order valence-electron chi connectivity index (χ2n) is 6.59. The van der Waals surface area contributed by atoms with Gasteiger partial charge in [-0.25, -0.2) is 15.0 Å². The molecule has 3 aromatic rings. The monoisotopic (exact) mass is 367 g/mol. The number of nitrogens with zero attached hydrogens (tertiary/aromatic N) is 7. The minimum Gasteiger partial charge on any atom is -0.361 e. The number of amides is 1. The van der Waals surface area contributed by atoms with Crippen molar-refractivity contribution in [3.05, 3.63) is 47.6 Å². The van der Waals surface area contributed by atoms with Gasteiger partial charge in [0, 0.05) is 37.9 Å². The zero-order valence-corrected chi connectivity index (χ0v) is 15.6. The van der Waals surface area contributed by atoms with Crippen molar-refractivity contribution in [3.8, 4) is 5.82 Å². The Hall–Kier alpha value is -3.23. The van der Waals surface area contributed by atoms with E-state index in [4.69, 9.17) is 4.52 Å². The molecule has 3 aromatic heterocycles. The molecule has 1 aliphatic rings. The fourth-order valence-electron chi connectivity index (χ4n) is 3.18. The molecule has 140 valence electrons. The lowest BCUT2D eigenvalue weighted by Gasteiger charge is -2.35. The molecule has 9 heteroatoms. The van der Waals surface area contributed by atoms with Gasteiger partial charge in [-0.2, -0.15) is 0 Å². The molecule has 9 nitrogen and oxygen atoms in total. The number of hydrogen-bond acceptors (Lipinski definition) is 7. The number of anilines is 1. The number of rotatable bonds is 3. The second-order valence-corrected chi connectivity index (χ2v) is 6.59. The minimum absolute atomic E-state index is 0.0405. The number of hydrogen-bond donors (Lipinski definition) is 0. The van der Waals surface area contributed by atoms with Crippen LogP contribution in [-0.4, -0.2) is 61.7 Å². The summed E-state index contributed by atoms with van der Waals surface area (Å²) < 4.78 is 6.95. The molecule has 4 rings (SSSR count). The Morgan fingerprint density at radius 3 is 2.41 bits per heavy atom. The van der Waals surface area contributed by atoms with E-state index in [1.54, 1.807) is 19.6 Å². The first-order chi connectivity index (χ1) is 13.0. The van der Waals surface area contributed by atoms with E-state index in [9.17, 15) is 4.79 Å². The molecule has 0 N–H and O–H groups in total. The maximum atomic E-state index is 12.6. The Labute approximate surface area is 156 Å². The number of piperazine rings is 1. The van der Waals surface area contributed by atoms with E-state index in [-0.39, 0.29) is 5.91 Å². The lowest BCUT2D eigenvalue weighted by atomic mass is 10.2. The van der Waals surface area contributed by atoms with Crippen LogP contribution in [0.1, 0.15) is 27.5 Å². The van der Waals surface area contributed by atoms with Crippen LogP contribution in [-0.2, 0) is 0 Å². The Kier molecular flexibility index (Phi) is 4.35. The molecule has 1 amide bonds. The molecule has 0 atom stereocenters. The average Bonchev–Trinajstić information content (AvgIpc) is 3.27. The third-order valence-corrected chi connectivity index (χ3v) is 5.01. The van der Waals surface area contributed by atoms with Crippen LogP contribution in [0, 0.1) is 20.8 Å². The number of carbonyl (C=O) groups is 1. The van der Waals surface area contributed by atoms with Crippen LogP contribution < -0.4 is 4.90 Å². The third kappa shape index (κ3) is 3.16. The first-order valence-electron chi connectivity index (χ1n) is 8.83. The lowest BCUT2D eigenvalue weighted by Crippen LogP contribution is -2.49. The summed E-state index contributed by atoms with van der Waals surface area (Å²) >= 11 is 0. The smallest absolute Gasteiger partial charge is 0.259 e. The highest BCUT2D eigenvalue weighted by molar-refractivity contribution is 5.94. The molecule has 0 bridgehead atoms. The average molecular weight is 367 g/mol. The predicted octanol–water partition coefficient (Wildman–Crippen LogP) is 1.54. The van der Waals surface area contributed by atoms with Gasteiger partial charge in [0.15, 0.2) is 0 Å². The first-order valence-corrected chi connectivity index (χ1v) is 8.83. The van der Waals surface area contributed by atoms with E-state index in [2.05, 4.69) is 25.0 Å². The van der Waals surface area contributed by atoms with Gasteiger partial charge < -0.3 is 14.3 Å². The molecule has 1 aliphatic heterocycles. The number of aromatic nitrogens is 5. The molecule has 1 fully saturated rings. The fourth-order valence-corrected chi connectivity index (χ4v) is 3.18. The summed E-state index contributed by atoms with van der Waals surface area (Å²) in [6.07, 6.45) is 4.82. The normalized spacial score (nSPS) is 14.6. The van der Waals surface area contributed by atoms with Crippen LogP contribution in [0.4, 0.5) is 5.82 Å². The third-order valence-electron chi connectivity index (χ3n) is 5.01. The van der Waals surface area contributed by atoms with E-state index >= 15 is 0 Å². The Bertz CT molecular complexity index is 970. The summed E-state index contributed by atoms with van der Waals surface area (Å²) in [7, 11) is 0. The molecule has 4 heterocycles. The second kappa shape index (κ2) is 6.82. The Balaban J connectivity index is 1.47. The van der Waals surface area contributed by atoms with Crippen molar-refractivity contribution in [2.24, 2.45) is 0 Å². The van der Waals surface area contributed by atoms with Gasteiger partial charge in [-0.1, -0.05) is 5.16 Å². The van der Waals surface area contributed by atoms with Gasteiger partial charge in [0.05, 0.1) is 11.9 Å². The van der Waals surface area contributed by atoms with Crippen molar-refractivity contribution in [1.82, 2.24) is 29.6 Å². The van der Waals surface area contributed by atoms with Gasteiger partial charge in [0.1, 0.15) is 35.6 Å². The predicted molar refractivity (Wildman–Crippen MR) is 98.0 cm³/mol. The first kappa shape index (κ1) is 17.2. The molecule has 0 aromatic carbocycles. The van der Waals surface area contributed by atoms with Crippen molar-refractivity contribution in [2.45, 2.75) is 20.8 Å². The SMILES string of the molecule is Cc1ncn(-c2cc(N3CCN(C(=O)c4cnoc4C)CC3)ncn2)c1C. The highest BCUT2D eigenvalue weighted by Crippen LogP contribution is 2.19. The zero-order valence-electron chi connectivity index (χ0n) is 15.6. The maximum Gasteiger partial charge on any atom is 0.259 e. The number of imidazole rings is 1. The Morgan fingerprint density at radius 1 is 1.04 bits per heavy atom. The largest absolute Gasteiger partial charge is 0.361 e. The number of aryl methyl sites for hydroxylation is 2. The zero-order chi connectivity index (χ0) is 19.0. The number of carbonyl (C=O) groups excluding carboxylic acids is 1. The minimum atomic E-state index is -0.0405. The molecule has 0 aliphatic carbocycles. The van der Waals surface area contributed by atoms with Gasteiger partial charge in [0.2, 0.25) is 0 Å². The summed E-state index contributed by atoms with van der Waals surface area (Å²) in [6.45, 7) is 8.38. The topological polar surface area (TPSA) is 93.2 Å². The van der Waals surface area contributed by atoms with Crippen molar-refractivity contribution in [3.63, 3.8) is 0 Å². The summed E-state index contributed by atoms with van der Waals surface area (Å²) in [5.74, 6) is 2.14. The van der Waals surface area contributed by atoms with Crippen LogP contribution >= 0.6 is 0 Å². The van der Waals surface area contributed by atoms with Crippen LogP contribution in [0.25, 0.3) is 5.82 Å². The Morgan fingerprint density at radius 2 is 1.78 bits per heavy atom. The molecule has 27 heavy (non-hydrogen) atoms. The van der Waals surface area contributed by atoms with Gasteiger partial charge in [-0.15, -0.1) is 0 Å². The van der Waals surface area contributed by atoms with Crippen LogP contribution in [0.15, 0.2) is 29.4 Å². The van der Waals surface area contributed by atoms with Crippen molar-refractivity contribution < 1.29 is 9.32 Å². The highest BCUT2D eigenvalue weighted by atomic mass is 16.5. The van der Waals surface area contributed by atoms with Crippen molar-refractivity contribution in [2.75, 3.05) is 31.1 Å². The van der Waals surface area contributed by atoms with Gasteiger partial charge in [-0.3, -0.25) is 9.36 Å². The fraction of sp³-hybridized carbons (Fsp3) is 0.389. The van der Waals surface area contributed by atoms with Crippen molar-refractivity contribution in [1.29, 1.82) is 0 Å². The van der Waals surface area contributed by atoms with E-state index in [1.165, 1.54) is 6.20 Å². The van der Waals surface area contributed by atoms with Crippen LogP contribution in [0.3, 0.4) is 0 Å². The molecular weight excluding hydrogens is 346 g/mol. The van der Waals surface area contributed by atoms with Gasteiger partial charge >= 0.3 is 0 Å². The van der Waals surface area contributed by atoms with Crippen LogP contribution in [0.2, 0.25) is 0 Å². The molecule has 1 saturated heterocycles. The van der Waals surface area contributed by atoms with E-state index < -0.39 is 0 Å². The molecule has 0 radical (unpaired) electrons. The molecule has 0 unspecified atom stereocenters. The quantitative estimate of drug-likeness (QED) is 0.693. The highest BCUT2D eigenvalue weighted by Gasteiger charge is 2.25. The molecular formula is C18H21N7O2. The summed E-state index contributed by atoms with van der Waals surface area (Å²) in [5.41, 5.74) is 2.56. The summed E-state index contributed by atoms with van der Waals surface area (Å²) in [5, 5.41) is 3.69. The van der Waals surface area contributed by atoms with Crippen molar-refractivity contribution >= 4 is 11.7 Å².